The first-order valence-electron chi connectivity index (χ1n) is 5.67. The average molecular weight is 396 g/mol. The summed E-state index contributed by atoms with van der Waals surface area (Å²) in [6.07, 6.45) is -1.17. The normalized spacial score (nSPS) is 15.3. The number of aromatic nitrogens is 5. The SMILES string of the molecule is FC(F)(F)c1nnc2n1CCN(c1ncc(I)cn1)C2. The van der Waals surface area contributed by atoms with Crippen LogP contribution in [0.1, 0.15) is 11.6 Å². The molecule has 1 aliphatic rings. The molecule has 0 unspecified atom stereocenters. The Morgan fingerprint density at radius 2 is 1.80 bits per heavy atom. The van der Waals surface area contributed by atoms with Crippen LogP contribution < -0.4 is 4.90 Å². The van der Waals surface area contributed by atoms with Crippen molar-refractivity contribution in [2.75, 3.05) is 11.4 Å². The van der Waals surface area contributed by atoms with E-state index in [2.05, 4.69) is 42.8 Å². The molecule has 3 heterocycles. The Morgan fingerprint density at radius 3 is 2.45 bits per heavy atom. The van der Waals surface area contributed by atoms with Gasteiger partial charge in [0, 0.05) is 29.1 Å². The lowest BCUT2D eigenvalue weighted by Crippen LogP contribution is -2.36. The third-order valence-electron chi connectivity index (χ3n) is 2.90. The van der Waals surface area contributed by atoms with Gasteiger partial charge in [-0.25, -0.2) is 9.97 Å². The number of alkyl halides is 3. The van der Waals surface area contributed by atoms with Gasteiger partial charge in [0.25, 0.3) is 0 Å². The number of halogens is 4. The molecule has 0 aromatic carbocycles. The lowest BCUT2D eigenvalue weighted by molar-refractivity contribution is -0.147. The van der Waals surface area contributed by atoms with E-state index in [0.717, 1.165) is 8.14 Å². The summed E-state index contributed by atoms with van der Waals surface area (Å²) in [5.74, 6) is -0.199. The predicted octanol–water partition coefficient (Wildman–Crippen LogP) is 1.71. The van der Waals surface area contributed by atoms with E-state index in [0.29, 0.717) is 12.5 Å². The summed E-state index contributed by atoms with van der Waals surface area (Å²) in [7, 11) is 0. The Hall–Kier alpha value is -1.46. The van der Waals surface area contributed by atoms with E-state index in [1.807, 2.05) is 0 Å². The van der Waals surface area contributed by atoms with Crippen molar-refractivity contribution >= 4 is 28.5 Å². The molecule has 3 rings (SSSR count). The van der Waals surface area contributed by atoms with Crippen LogP contribution in [-0.4, -0.2) is 31.3 Å². The number of hydrogen-bond acceptors (Lipinski definition) is 5. The van der Waals surface area contributed by atoms with Gasteiger partial charge in [0.1, 0.15) is 0 Å². The second kappa shape index (κ2) is 4.82. The largest absolute Gasteiger partial charge is 0.451 e. The zero-order valence-corrected chi connectivity index (χ0v) is 12.1. The van der Waals surface area contributed by atoms with Gasteiger partial charge in [-0.2, -0.15) is 13.2 Å². The second-order valence-corrected chi connectivity index (χ2v) is 5.46. The summed E-state index contributed by atoms with van der Waals surface area (Å²) in [4.78, 5) is 10.1. The molecule has 20 heavy (non-hydrogen) atoms. The van der Waals surface area contributed by atoms with Crippen LogP contribution in [0.2, 0.25) is 0 Å². The van der Waals surface area contributed by atoms with Gasteiger partial charge in [-0.1, -0.05) is 0 Å². The monoisotopic (exact) mass is 396 g/mol. The van der Waals surface area contributed by atoms with Gasteiger partial charge in [0.2, 0.25) is 11.8 Å². The highest BCUT2D eigenvalue weighted by Crippen LogP contribution is 2.29. The molecule has 0 N–H and O–H groups in total. The molecule has 0 spiro atoms. The molecule has 106 valence electrons. The van der Waals surface area contributed by atoms with Gasteiger partial charge in [-0.15, -0.1) is 10.2 Å². The maximum atomic E-state index is 12.7. The molecule has 0 fully saturated rings. The van der Waals surface area contributed by atoms with E-state index in [9.17, 15) is 13.2 Å². The summed E-state index contributed by atoms with van der Waals surface area (Å²) in [5, 5.41) is 6.84. The fourth-order valence-corrected chi connectivity index (χ4v) is 2.29. The van der Waals surface area contributed by atoms with E-state index >= 15 is 0 Å². The smallest absolute Gasteiger partial charge is 0.331 e. The van der Waals surface area contributed by atoms with Crippen LogP contribution in [0.3, 0.4) is 0 Å². The predicted molar refractivity (Wildman–Crippen MR) is 70.8 cm³/mol. The maximum absolute atomic E-state index is 12.7. The second-order valence-electron chi connectivity index (χ2n) is 4.21. The van der Waals surface area contributed by atoms with Crippen molar-refractivity contribution in [2.45, 2.75) is 19.3 Å². The van der Waals surface area contributed by atoms with E-state index < -0.39 is 12.0 Å². The Bertz CT molecular complexity index is 623. The molecule has 1 aliphatic heterocycles. The highest BCUT2D eigenvalue weighted by molar-refractivity contribution is 14.1. The summed E-state index contributed by atoms with van der Waals surface area (Å²) >= 11 is 2.08. The lowest BCUT2D eigenvalue weighted by Gasteiger charge is -2.27. The lowest BCUT2D eigenvalue weighted by atomic mass is 10.3. The van der Waals surface area contributed by atoms with Gasteiger partial charge in [0.05, 0.1) is 6.54 Å². The van der Waals surface area contributed by atoms with Crippen LogP contribution in [-0.2, 0) is 19.3 Å². The van der Waals surface area contributed by atoms with Gasteiger partial charge in [-0.3, -0.25) is 0 Å². The minimum atomic E-state index is -4.48. The van der Waals surface area contributed by atoms with Gasteiger partial charge in [0.15, 0.2) is 5.82 Å². The molecule has 0 saturated heterocycles. The van der Waals surface area contributed by atoms with Crippen LogP contribution in [0.5, 0.6) is 0 Å². The first kappa shape index (κ1) is 13.5. The summed E-state index contributed by atoms with van der Waals surface area (Å²) in [6.45, 7) is 0.755. The fraction of sp³-hybridized carbons (Fsp3) is 0.400. The zero-order chi connectivity index (χ0) is 14.3. The summed E-state index contributed by atoms with van der Waals surface area (Å²) in [6, 6.07) is 0. The van der Waals surface area contributed by atoms with Crippen LogP contribution in [0.15, 0.2) is 12.4 Å². The molecule has 0 atom stereocenters. The van der Waals surface area contributed by atoms with Crippen molar-refractivity contribution in [3.05, 3.63) is 27.6 Å². The van der Waals surface area contributed by atoms with Crippen molar-refractivity contribution < 1.29 is 13.2 Å². The number of hydrogen-bond donors (Lipinski definition) is 0. The topological polar surface area (TPSA) is 59.7 Å². The van der Waals surface area contributed by atoms with Crippen molar-refractivity contribution in [1.82, 2.24) is 24.7 Å². The molecule has 0 bridgehead atoms. The molecule has 2 aromatic heterocycles. The highest BCUT2D eigenvalue weighted by atomic mass is 127. The van der Waals surface area contributed by atoms with Crippen LogP contribution in [0.25, 0.3) is 0 Å². The molecule has 10 heteroatoms. The minimum Gasteiger partial charge on any atom is -0.331 e. The first-order chi connectivity index (χ1) is 9.45. The number of nitrogens with zero attached hydrogens (tertiary/aromatic N) is 6. The maximum Gasteiger partial charge on any atom is 0.451 e. The first-order valence-corrected chi connectivity index (χ1v) is 6.75. The Labute approximate surface area is 125 Å². The van der Waals surface area contributed by atoms with Crippen LogP contribution >= 0.6 is 22.6 Å². The van der Waals surface area contributed by atoms with Crippen molar-refractivity contribution in [3.8, 4) is 0 Å². The summed E-state index contributed by atoms with van der Waals surface area (Å²) in [5.41, 5.74) is 0. The highest BCUT2D eigenvalue weighted by Gasteiger charge is 2.39. The van der Waals surface area contributed by atoms with E-state index in [-0.39, 0.29) is 18.9 Å². The molecule has 2 aromatic rings. The third-order valence-corrected chi connectivity index (χ3v) is 3.45. The van der Waals surface area contributed by atoms with E-state index in [1.54, 1.807) is 17.3 Å². The zero-order valence-electron chi connectivity index (χ0n) is 9.97. The Morgan fingerprint density at radius 1 is 1.10 bits per heavy atom. The third kappa shape index (κ3) is 2.43. The van der Waals surface area contributed by atoms with Crippen LogP contribution in [0.4, 0.5) is 19.1 Å². The van der Waals surface area contributed by atoms with Crippen molar-refractivity contribution in [2.24, 2.45) is 0 Å². The molecule has 0 aliphatic carbocycles. The Kier molecular flexibility index (Phi) is 3.26. The van der Waals surface area contributed by atoms with Crippen molar-refractivity contribution in [1.29, 1.82) is 0 Å². The molecular formula is C10H8F3IN6. The standard InChI is InChI=1S/C10H8F3IN6/c11-10(12,13)8-18-17-7-5-19(1-2-20(7)8)9-15-3-6(14)4-16-9/h3-4H,1-2,5H2. The fourth-order valence-electron chi connectivity index (χ4n) is 2.01. The number of anilines is 1. The van der Waals surface area contributed by atoms with E-state index in [4.69, 9.17) is 0 Å². The molecule has 0 saturated carbocycles. The number of fused-ring (bicyclic) bond motifs is 1. The average Bonchev–Trinajstić information content (AvgIpc) is 2.82. The molecule has 0 radical (unpaired) electrons. The van der Waals surface area contributed by atoms with E-state index in [1.165, 1.54) is 0 Å². The van der Waals surface area contributed by atoms with Gasteiger partial charge >= 0.3 is 6.18 Å². The number of rotatable bonds is 1. The minimum absolute atomic E-state index is 0.159. The van der Waals surface area contributed by atoms with Crippen molar-refractivity contribution in [3.63, 3.8) is 0 Å². The van der Waals surface area contributed by atoms with Gasteiger partial charge in [-0.05, 0) is 22.6 Å². The molecule has 6 nitrogen and oxygen atoms in total. The Balaban J connectivity index is 1.86. The molecular weight excluding hydrogens is 388 g/mol. The van der Waals surface area contributed by atoms with Crippen LogP contribution in [0, 0.1) is 3.57 Å². The molecule has 0 amide bonds. The summed E-state index contributed by atoms with van der Waals surface area (Å²) < 4.78 is 40.1. The quantitative estimate of drug-likeness (QED) is 0.688. The van der Waals surface area contributed by atoms with Gasteiger partial charge < -0.3 is 9.47 Å².